The van der Waals surface area contributed by atoms with Crippen molar-refractivity contribution in [1.82, 2.24) is 15.0 Å². The third-order valence-electron chi connectivity index (χ3n) is 2.57. The Kier molecular flexibility index (Phi) is 1.98. The Morgan fingerprint density at radius 2 is 1.35 bits per heavy atom. The topological polar surface area (TPSA) is 82.8 Å². The predicted octanol–water partition coefficient (Wildman–Crippen LogP) is 1.58. The first-order valence-electron chi connectivity index (χ1n) is 5.21. The summed E-state index contributed by atoms with van der Waals surface area (Å²) in [5.41, 5.74) is 14.9. The maximum absolute atomic E-state index is 5.73. The van der Waals surface area contributed by atoms with Gasteiger partial charge in [0.15, 0.2) is 0 Å². The van der Waals surface area contributed by atoms with Crippen LogP contribution in [0.2, 0.25) is 0 Å². The van der Waals surface area contributed by atoms with Crippen molar-refractivity contribution >= 4 is 22.4 Å². The molecule has 3 rings (SSSR count). The maximum atomic E-state index is 5.73. The molecule has 0 spiro atoms. The number of fused-ring (bicyclic) bond motifs is 1. The standard InChI is InChI=1S/C12H11N5/c13-9-6-11-12(7-10(9)14)16-17(15-11)8-4-2-1-3-5-8/h1-7H,13-14H2. The van der Waals surface area contributed by atoms with Gasteiger partial charge in [-0.3, -0.25) is 0 Å². The van der Waals surface area contributed by atoms with Crippen LogP contribution in [-0.2, 0) is 0 Å². The van der Waals surface area contributed by atoms with Crippen LogP contribution in [-0.4, -0.2) is 15.0 Å². The maximum Gasteiger partial charge on any atom is 0.115 e. The molecule has 0 aliphatic carbocycles. The van der Waals surface area contributed by atoms with Crippen molar-refractivity contribution in [2.75, 3.05) is 11.5 Å². The van der Waals surface area contributed by atoms with Gasteiger partial charge in [-0.2, -0.15) is 4.80 Å². The van der Waals surface area contributed by atoms with E-state index in [9.17, 15) is 0 Å². The van der Waals surface area contributed by atoms with Crippen LogP contribution in [0.3, 0.4) is 0 Å². The summed E-state index contributed by atoms with van der Waals surface area (Å²) in [5.74, 6) is 0. The van der Waals surface area contributed by atoms with Crippen LogP contribution >= 0.6 is 0 Å². The van der Waals surface area contributed by atoms with E-state index in [-0.39, 0.29) is 0 Å². The molecule has 17 heavy (non-hydrogen) atoms. The van der Waals surface area contributed by atoms with Crippen LogP contribution in [0.5, 0.6) is 0 Å². The van der Waals surface area contributed by atoms with E-state index in [4.69, 9.17) is 11.5 Å². The number of hydrogen-bond acceptors (Lipinski definition) is 4. The first-order chi connectivity index (χ1) is 8.24. The van der Waals surface area contributed by atoms with Crippen LogP contribution < -0.4 is 11.5 Å². The average Bonchev–Trinajstić information content (AvgIpc) is 2.74. The van der Waals surface area contributed by atoms with Gasteiger partial charge in [-0.25, -0.2) is 0 Å². The van der Waals surface area contributed by atoms with Crippen LogP contribution in [0.15, 0.2) is 42.5 Å². The van der Waals surface area contributed by atoms with Crippen molar-refractivity contribution < 1.29 is 0 Å². The Morgan fingerprint density at radius 3 is 1.88 bits per heavy atom. The van der Waals surface area contributed by atoms with Crippen molar-refractivity contribution in [3.8, 4) is 5.69 Å². The number of nitrogens with two attached hydrogens (primary N) is 2. The second-order valence-corrected chi connectivity index (χ2v) is 3.79. The zero-order valence-electron chi connectivity index (χ0n) is 9.04. The van der Waals surface area contributed by atoms with Gasteiger partial charge in [0.25, 0.3) is 0 Å². The highest BCUT2D eigenvalue weighted by Crippen LogP contribution is 2.21. The second-order valence-electron chi connectivity index (χ2n) is 3.79. The number of nitrogens with zero attached hydrogens (tertiary/aromatic N) is 3. The van der Waals surface area contributed by atoms with Gasteiger partial charge in [0.05, 0.1) is 17.1 Å². The normalized spacial score (nSPS) is 10.8. The summed E-state index contributed by atoms with van der Waals surface area (Å²) in [4.78, 5) is 1.57. The molecule has 3 aromatic rings. The van der Waals surface area contributed by atoms with E-state index in [1.807, 2.05) is 30.3 Å². The van der Waals surface area contributed by atoms with Gasteiger partial charge in [0.2, 0.25) is 0 Å². The summed E-state index contributed by atoms with van der Waals surface area (Å²) in [7, 11) is 0. The molecule has 2 aromatic carbocycles. The molecule has 5 nitrogen and oxygen atoms in total. The summed E-state index contributed by atoms with van der Waals surface area (Å²) >= 11 is 0. The van der Waals surface area contributed by atoms with Gasteiger partial charge in [-0.05, 0) is 24.3 Å². The van der Waals surface area contributed by atoms with Crippen molar-refractivity contribution in [3.63, 3.8) is 0 Å². The number of rotatable bonds is 1. The molecular weight excluding hydrogens is 214 g/mol. The molecule has 1 heterocycles. The quantitative estimate of drug-likeness (QED) is 0.616. The third kappa shape index (κ3) is 1.57. The Balaban J connectivity index is 2.21. The lowest BCUT2D eigenvalue weighted by atomic mass is 10.2. The van der Waals surface area contributed by atoms with E-state index in [0.29, 0.717) is 11.4 Å². The van der Waals surface area contributed by atoms with Gasteiger partial charge in [-0.15, -0.1) is 10.2 Å². The minimum Gasteiger partial charge on any atom is -0.397 e. The molecule has 0 amide bonds. The lowest BCUT2D eigenvalue weighted by molar-refractivity contribution is 0.766. The Morgan fingerprint density at radius 1 is 0.824 bits per heavy atom. The van der Waals surface area contributed by atoms with Gasteiger partial charge in [0, 0.05) is 0 Å². The minimum absolute atomic E-state index is 0.526. The predicted molar refractivity (Wildman–Crippen MR) is 67.7 cm³/mol. The minimum atomic E-state index is 0.526. The van der Waals surface area contributed by atoms with Crippen LogP contribution in [0.25, 0.3) is 16.7 Å². The summed E-state index contributed by atoms with van der Waals surface area (Å²) in [6.07, 6.45) is 0. The molecule has 0 saturated carbocycles. The first kappa shape index (κ1) is 9.65. The van der Waals surface area contributed by atoms with E-state index >= 15 is 0 Å². The molecule has 0 radical (unpaired) electrons. The SMILES string of the molecule is Nc1cc2nn(-c3ccccc3)nc2cc1N. The fraction of sp³-hybridized carbons (Fsp3) is 0. The van der Waals surface area contributed by atoms with Gasteiger partial charge >= 0.3 is 0 Å². The zero-order valence-corrected chi connectivity index (χ0v) is 9.04. The number of hydrogen-bond donors (Lipinski definition) is 2. The largest absolute Gasteiger partial charge is 0.397 e. The lowest BCUT2D eigenvalue weighted by Gasteiger charge is -1.96. The number of aromatic nitrogens is 3. The summed E-state index contributed by atoms with van der Waals surface area (Å²) in [6.45, 7) is 0. The van der Waals surface area contributed by atoms with Crippen molar-refractivity contribution in [2.24, 2.45) is 0 Å². The van der Waals surface area contributed by atoms with Crippen molar-refractivity contribution in [3.05, 3.63) is 42.5 Å². The Hall–Kier alpha value is -2.56. The number of anilines is 2. The van der Waals surface area contributed by atoms with Crippen molar-refractivity contribution in [1.29, 1.82) is 0 Å². The highest BCUT2D eigenvalue weighted by molar-refractivity contribution is 5.85. The molecule has 1 aromatic heterocycles. The molecule has 0 unspecified atom stereocenters. The highest BCUT2D eigenvalue weighted by Gasteiger charge is 2.06. The van der Waals surface area contributed by atoms with E-state index in [2.05, 4.69) is 10.2 Å². The number of benzene rings is 2. The van der Waals surface area contributed by atoms with Gasteiger partial charge in [-0.1, -0.05) is 18.2 Å². The average molecular weight is 225 g/mol. The molecule has 84 valence electrons. The van der Waals surface area contributed by atoms with Crippen molar-refractivity contribution in [2.45, 2.75) is 0 Å². The molecule has 0 aliphatic rings. The molecular formula is C12H11N5. The highest BCUT2D eigenvalue weighted by atomic mass is 15.5. The Labute approximate surface area is 97.6 Å². The van der Waals surface area contributed by atoms with Crippen LogP contribution in [0, 0.1) is 0 Å². The molecule has 0 saturated heterocycles. The van der Waals surface area contributed by atoms with Gasteiger partial charge < -0.3 is 11.5 Å². The zero-order chi connectivity index (χ0) is 11.8. The molecule has 5 heteroatoms. The molecule has 0 fully saturated rings. The molecule has 4 N–H and O–H groups in total. The third-order valence-corrected chi connectivity index (χ3v) is 2.57. The van der Waals surface area contributed by atoms with E-state index in [1.165, 1.54) is 0 Å². The first-order valence-corrected chi connectivity index (χ1v) is 5.21. The fourth-order valence-corrected chi connectivity index (χ4v) is 1.67. The fourth-order valence-electron chi connectivity index (χ4n) is 1.67. The lowest BCUT2D eigenvalue weighted by Crippen LogP contribution is -1.97. The summed E-state index contributed by atoms with van der Waals surface area (Å²) < 4.78 is 0. The number of para-hydroxylation sites is 1. The van der Waals surface area contributed by atoms with E-state index in [0.717, 1.165) is 16.7 Å². The second kappa shape index (κ2) is 3.48. The molecule has 0 atom stereocenters. The van der Waals surface area contributed by atoms with Crippen LogP contribution in [0.1, 0.15) is 0 Å². The Bertz CT molecular complexity index is 633. The monoisotopic (exact) mass is 225 g/mol. The van der Waals surface area contributed by atoms with Crippen LogP contribution in [0.4, 0.5) is 11.4 Å². The van der Waals surface area contributed by atoms with E-state index in [1.54, 1.807) is 16.9 Å². The molecule has 0 bridgehead atoms. The summed E-state index contributed by atoms with van der Waals surface area (Å²) in [6, 6.07) is 13.2. The van der Waals surface area contributed by atoms with E-state index < -0.39 is 0 Å². The number of nitrogen functional groups attached to an aromatic ring is 2. The summed E-state index contributed by atoms with van der Waals surface area (Å²) in [5, 5.41) is 8.71. The smallest absolute Gasteiger partial charge is 0.115 e. The van der Waals surface area contributed by atoms with Gasteiger partial charge in [0.1, 0.15) is 11.0 Å². The molecule has 0 aliphatic heterocycles.